The van der Waals surface area contributed by atoms with Crippen LogP contribution >= 0.6 is 12.2 Å². The predicted octanol–water partition coefficient (Wildman–Crippen LogP) is 5.26. The second-order valence-corrected chi connectivity index (χ2v) is 10.3. The lowest BCUT2D eigenvalue weighted by atomic mass is 9.91. The zero-order valence-corrected chi connectivity index (χ0v) is 22.0. The van der Waals surface area contributed by atoms with E-state index in [1.54, 1.807) is 0 Å². The third-order valence-electron chi connectivity index (χ3n) is 7.22. The first kappa shape index (κ1) is 24.7. The van der Waals surface area contributed by atoms with Gasteiger partial charge in [0.25, 0.3) is 0 Å². The molecule has 0 atom stereocenters. The summed E-state index contributed by atoms with van der Waals surface area (Å²) in [5.41, 5.74) is 6.39. The molecule has 1 fully saturated rings. The van der Waals surface area contributed by atoms with Crippen LogP contribution in [-0.4, -0.2) is 41.3 Å². The van der Waals surface area contributed by atoms with Gasteiger partial charge in [0.05, 0.1) is 5.69 Å². The average Bonchev–Trinajstić information content (AvgIpc) is 2.84. The molecule has 1 saturated carbocycles. The summed E-state index contributed by atoms with van der Waals surface area (Å²) in [6.45, 7) is 4.39. The van der Waals surface area contributed by atoms with Gasteiger partial charge < -0.3 is 20.9 Å². The quantitative estimate of drug-likeness (QED) is 0.467. The van der Waals surface area contributed by atoms with Crippen molar-refractivity contribution in [2.24, 2.45) is 0 Å². The second kappa shape index (κ2) is 11.3. The molecule has 0 spiro atoms. The van der Waals surface area contributed by atoms with Gasteiger partial charge in [0.2, 0.25) is 5.95 Å². The molecule has 4 rings (SSSR count). The number of hydrogen-bond donors (Lipinski definition) is 3. The van der Waals surface area contributed by atoms with E-state index < -0.39 is 0 Å². The van der Waals surface area contributed by atoms with Gasteiger partial charge in [0.15, 0.2) is 5.11 Å². The molecule has 0 saturated heterocycles. The van der Waals surface area contributed by atoms with Crippen molar-refractivity contribution in [1.82, 2.24) is 15.3 Å². The Kier molecular flexibility index (Phi) is 8.24. The molecule has 1 heterocycles. The van der Waals surface area contributed by atoms with Crippen molar-refractivity contribution in [3.63, 3.8) is 0 Å². The van der Waals surface area contributed by atoms with Crippen molar-refractivity contribution >= 4 is 34.8 Å². The molecule has 184 valence electrons. The van der Waals surface area contributed by atoms with Crippen LogP contribution in [0.25, 0.3) is 0 Å². The molecule has 6 nitrogen and oxygen atoms in total. The van der Waals surface area contributed by atoms with Gasteiger partial charge >= 0.3 is 0 Å². The van der Waals surface area contributed by atoms with Crippen LogP contribution in [0.15, 0.2) is 18.2 Å². The molecular formula is C27H40N6S. The maximum absolute atomic E-state index is 5.70. The molecule has 7 heteroatoms. The smallest absolute Gasteiger partial charge is 0.225 e. The van der Waals surface area contributed by atoms with Crippen LogP contribution in [0.1, 0.15) is 74.8 Å². The molecule has 3 N–H and O–H groups in total. The van der Waals surface area contributed by atoms with Crippen LogP contribution in [0, 0.1) is 0 Å². The number of anilines is 3. The van der Waals surface area contributed by atoms with Gasteiger partial charge in [-0.2, -0.15) is 4.98 Å². The summed E-state index contributed by atoms with van der Waals surface area (Å²) < 4.78 is 0. The second-order valence-electron chi connectivity index (χ2n) is 9.85. The highest BCUT2D eigenvalue weighted by Gasteiger charge is 2.24. The molecular weight excluding hydrogens is 440 g/mol. The molecule has 0 aliphatic heterocycles. The summed E-state index contributed by atoms with van der Waals surface area (Å²) in [7, 11) is 4.16. The van der Waals surface area contributed by atoms with Crippen LogP contribution in [0.3, 0.4) is 0 Å². The molecule has 34 heavy (non-hydrogen) atoms. The predicted molar refractivity (Wildman–Crippen MR) is 147 cm³/mol. The minimum Gasteiger partial charge on any atom is -0.362 e. The first-order valence-corrected chi connectivity index (χ1v) is 13.4. The number of benzene rings is 1. The Labute approximate surface area is 210 Å². The van der Waals surface area contributed by atoms with E-state index in [1.807, 2.05) is 0 Å². The van der Waals surface area contributed by atoms with Gasteiger partial charge in [0, 0.05) is 37.4 Å². The highest BCUT2D eigenvalue weighted by atomic mass is 32.1. The molecule has 0 unspecified atom stereocenters. The van der Waals surface area contributed by atoms with E-state index in [1.165, 1.54) is 40.9 Å². The Balaban J connectivity index is 1.32. The topological polar surface area (TPSA) is 65.1 Å². The molecule has 1 aromatic carbocycles. The normalized spacial score (nSPS) is 19.8. The number of aryl methyl sites for hydroxylation is 3. The van der Waals surface area contributed by atoms with Gasteiger partial charge in [-0.15, -0.1) is 0 Å². The first-order chi connectivity index (χ1) is 16.5. The van der Waals surface area contributed by atoms with E-state index >= 15 is 0 Å². The average molecular weight is 481 g/mol. The van der Waals surface area contributed by atoms with Gasteiger partial charge in [-0.1, -0.05) is 32.0 Å². The Hall–Kier alpha value is -2.41. The fraction of sp³-hybridized carbons (Fsp3) is 0.593. The zero-order valence-electron chi connectivity index (χ0n) is 21.2. The number of rotatable bonds is 7. The van der Waals surface area contributed by atoms with E-state index in [-0.39, 0.29) is 0 Å². The maximum atomic E-state index is 5.70. The third-order valence-corrected chi connectivity index (χ3v) is 7.44. The molecule has 2 aliphatic rings. The lowest BCUT2D eigenvalue weighted by Gasteiger charge is -2.31. The number of hydrogen-bond acceptors (Lipinski definition) is 5. The van der Waals surface area contributed by atoms with Gasteiger partial charge in [-0.05, 0) is 87.6 Å². The van der Waals surface area contributed by atoms with Gasteiger partial charge in [0.1, 0.15) is 5.82 Å². The van der Waals surface area contributed by atoms with Crippen molar-refractivity contribution in [2.75, 3.05) is 29.6 Å². The van der Waals surface area contributed by atoms with Crippen molar-refractivity contribution in [3.05, 3.63) is 40.6 Å². The van der Waals surface area contributed by atoms with Crippen molar-refractivity contribution < 1.29 is 0 Å². The van der Waals surface area contributed by atoms with E-state index in [0.29, 0.717) is 12.1 Å². The Morgan fingerprint density at radius 3 is 2.26 bits per heavy atom. The van der Waals surface area contributed by atoms with Crippen LogP contribution in [-0.2, 0) is 25.7 Å². The summed E-state index contributed by atoms with van der Waals surface area (Å²) in [5, 5.41) is 11.5. The Bertz CT molecular complexity index is 975. The lowest BCUT2D eigenvalue weighted by Crippen LogP contribution is -2.42. The number of thiocarbonyl (C=S) groups is 1. The molecule has 0 bridgehead atoms. The van der Waals surface area contributed by atoms with Crippen LogP contribution in [0.5, 0.6) is 0 Å². The fourth-order valence-corrected chi connectivity index (χ4v) is 5.58. The summed E-state index contributed by atoms with van der Waals surface area (Å²) in [6.07, 6.45) is 11.0. The van der Waals surface area contributed by atoms with Gasteiger partial charge in [-0.25, -0.2) is 4.98 Å². The minimum absolute atomic E-state index is 0.402. The zero-order chi connectivity index (χ0) is 24.1. The number of aromatic nitrogens is 2. The van der Waals surface area contributed by atoms with Crippen LogP contribution in [0.2, 0.25) is 0 Å². The monoisotopic (exact) mass is 480 g/mol. The standard InChI is InChI=1S/C27H40N6S/c1-5-18-10-9-11-19(6-2)24(18)31-27(34)29-21-16-14-20(15-17-21)28-26-30-23-13-8-7-12-22(23)25(32-26)33(3)4/h9-11,20-21H,5-8,12-17H2,1-4H3,(H,28,30,32)(H2,29,31,34)/t20-,21+. The van der Waals surface area contributed by atoms with Gasteiger partial charge in [-0.3, -0.25) is 0 Å². The molecule has 2 aromatic rings. The Morgan fingerprint density at radius 2 is 1.62 bits per heavy atom. The minimum atomic E-state index is 0.402. The highest BCUT2D eigenvalue weighted by molar-refractivity contribution is 7.80. The van der Waals surface area contributed by atoms with E-state index in [2.05, 4.69) is 67.0 Å². The lowest BCUT2D eigenvalue weighted by molar-refractivity contribution is 0.387. The number of nitrogens with zero attached hydrogens (tertiary/aromatic N) is 3. The molecule has 0 radical (unpaired) electrons. The van der Waals surface area contributed by atoms with E-state index in [0.717, 1.165) is 68.2 Å². The largest absolute Gasteiger partial charge is 0.362 e. The molecule has 2 aliphatic carbocycles. The summed E-state index contributed by atoms with van der Waals surface area (Å²) in [5.74, 6) is 1.87. The maximum Gasteiger partial charge on any atom is 0.225 e. The van der Waals surface area contributed by atoms with Crippen molar-refractivity contribution in [2.45, 2.75) is 90.1 Å². The first-order valence-electron chi connectivity index (χ1n) is 13.0. The van der Waals surface area contributed by atoms with E-state index in [9.17, 15) is 0 Å². The number of para-hydroxylation sites is 1. The Morgan fingerprint density at radius 1 is 0.971 bits per heavy atom. The summed E-state index contributed by atoms with van der Waals surface area (Å²) in [4.78, 5) is 11.9. The highest BCUT2D eigenvalue weighted by Crippen LogP contribution is 2.29. The number of nitrogens with one attached hydrogen (secondary N) is 3. The fourth-order valence-electron chi connectivity index (χ4n) is 5.31. The molecule has 0 amide bonds. The van der Waals surface area contributed by atoms with Crippen molar-refractivity contribution in [3.8, 4) is 0 Å². The van der Waals surface area contributed by atoms with Crippen LogP contribution < -0.4 is 20.9 Å². The number of fused-ring (bicyclic) bond motifs is 1. The van der Waals surface area contributed by atoms with Crippen molar-refractivity contribution in [1.29, 1.82) is 0 Å². The SMILES string of the molecule is CCc1cccc(CC)c1NC(=S)N[C@H]1CC[C@@H](Nc2nc3c(c(N(C)C)n2)CCCC3)CC1. The third kappa shape index (κ3) is 5.80. The van der Waals surface area contributed by atoms with E-state index in [4.69, 9.17) is 22.2 Å². The molecule has 1 aromatic heterocycles. The van der Waals surface area contributed by atoms with Crippen LogP contribution in [0.4, 0.5) is 17.5 Å². The summed E-state index contributed by atoms with van der Waals surface area (Å²) in [6, 6.07) is 7.32. The summed E-state index contributed by atoms with van der Waals surface area (Å²) >= 11 is 5.70.